The van der Waals surface area contributed by atoms with Crippen LogP contribution in [0.3, 0.4) is 0 Å². The summed E-state index contributed by atoms with van der Waals surface area (Å²) in [6.07, 6.45) is 1.13. The standard InChI is InChI=1S/C14H21N3O/c1-11-7-8-17(13(11)9-15)10-14(18)16-12-5-3-2-4-6-12/h2-6,11,13H,7-10,15H2,1H3,(H,16,18). The molecule has 1 saturated heterocycles. The molecular formula is C14H21N3O. The average Bonchev–Trinajstić information content (AvgIpc) is 2.71. The summed E-state index contributed by atoms with van der Waals surface area (Å²) in [7, 11) is 0. The van der Waals surface area contributed by atoms with Crippen molar-refractivity contribution in [1.29, 1.82) is 0 Å². The first-order valence-electron chi connectivity index (χ1n) is 6.49. The van der Waals surface area contributed by atoms with Crippen LogP contribution < -0.4 is 11.1 Å². The maximum atomic E-state index is 11.9. The van der Waals surface area contributed by atoms with E-state index in [1.165, 1.54) is 0 Å². The lowest BCUT2D eigenvalue weighted by atomic mass is 10.0. The molecule has 0 aromatic heterocycles. The summed E-state index contributed by atoms with van der Waals surface area (Å²) in [5, 5.41) is 2.91. The number of hydrogen-bond donors (Lipinski definition) is 2. The van der Waals surface area contributed by atoms with Crippen LogP contribution in [0.15, 0.2) is 30.3 Å². The van der Waals surface area contributed by atoms with Gasteiger partial charge in [0, 0.05) is 18.3 Å². The fourth-order valence-electron chi connectivity index (χ4n) is 2.57. The number of hydrogen-bond acceptors (Lipinski definition) is 3. The summed E-state index contributed by atoms with van der Waals surface area (Å²) in [6, 6.07) is 9.89. The zero-order valence-corrected chi connectivity index (χ0v) is 10.8. The van der Waals surface area contributed by atoms with E-state index < -0.39 is 0 Å². The van der Waals surface area contributed by atoms with Gasteiger partial charge in [0.15, 0.2) is 0 Å². The van der Waals surface area contributed by atoms with Crippen LogP contribution in [-0.4, -0.2) is 36.5 Å². The minimum atomic E-state index is 0.0359. The molecule has 1 aliphatic rings. The van der Waals surface area contributed by atoms with Crippen molar-refractivity contribution in [2.24, 2.45) is 11.7 Å². The zero-order valence-electron chi connectivity index (χ0n) is 10.8. The Labute approximate surface area is 108 Å². The lowest BCUT2D eigenvalue weighted by molar-refractivity contribution is -0.117. The maximum absolute atomic E-state index is 11.9. The molecule has 0 bridgehead atoms. The third-order valence-electron chi connectivity index (χ3n) is 3.64. The van der Waals surface area contributed by atoms with Crippen molar-refractivity contribution in [3.63, 3.8) is 0 Å². The molecule has 0 aliphatic carbocycles. The number of benzene rings is 1. The van der Waals surface area contributed by atoms with E-state index >= 15 is 0 Å². The van der Waals surface area contributed by atoms with Crippen molar-refractivity contribution in [1.82, 2.24) is 4.90 Å². The largest absolute Gasteiger partial charge is 0.329 e. The van der Waals surface area contributed by atoms with E-state index in [4.69, 9.17) is 5.73 Å². The summed E-state index contributed by atoms with van der Waals surface area (Å²) in [4.78, 5) is 14.1. The molecule has 18 heavy (non-hydrogen) atoms. The van der Waals surface area contributed by atoms with Crippen LogP contribution in [0.1, 0.15) is 13.3 Å². The van der Waals surface area contributed by atoms with E-state index in [9.17, 15) is 4.79 Å². The van der Waals surface area contributed by atoms with Crippen LogP contribution in [0.25, 0.3) is 0 Å². The molecule has 2 atom stereocenters. The fourth-order valence-corrected chi connectivity index (χ4v) is 2.57. The highest BCUT2D eigenvalue weighted by atomic mass is 16.2. The van der Waals surface area contributed by atoms with Gasteiger partial charge in [-0.25, -0.2) is 0 Å². The summed E-state index contributed by atoms with van der Waals surface area (Å²) >= 11 is 0. The Balaban J connectivity index is 1.88. The van der Waals surface area contributed by atoms with E-state index in [1.807, 2.05) is 30.3 Å². The van der Waals surface area contributed by atoms with Crippen molar-refractivity contribution < 1.29 is 4.79 Å². The SMILES string of the molecule is CC1CCN(CC(=O)Nc2ccccc2)C1CN. The highest BCUT2D eigenvalue weighted by molar-refractivity contribution is 5.92. The number of carbonyl (C=O) groups excluding carboxylic acids is 1. The van der Waals surface area contributed by atoms with Crippen LogP contribution in [0, 0.1) is 5.92 Å². The molecule has 4 heteroatoms. The maximum Gasteiger partial charge on any atom is 0.238 e. The molecule has 2 unspecified atom stereocenters. The lowest BCUT2D eigenvalue weighted by Gasteiger charge is -2.24. The summed E-state index contributed by atoms with van der Waals surface area (Å²) in [6.45, 7) is 4.22. The molecule has 0 spiro atoms. The van der Waals surface area contributed by atoms with Crippen molar-refractivity contribution in [3.8, 4) is 0 Å². The predicted octanol–water partition coefficient (Wildman–Crippen LogP) is 1.29. The van der Waals surface area contributed by atoms with Crippen LogP contribution in [0.2, 0.25) is 0 Å². The number of anilines is 1. The quantitative estimate of drug-likeness (QED) is 0.843. The molecule has 0 radical (unpaired) electrons. The van der Waals surface area contributed by atoms with Gasteiger partial charge in [-0.1, -0.05) is 25.1 Å². The Morgan fingerprint density at radius 1 is 1.44 bits per heavy atom. The van der Waals surface area contributed by atoms with Gasteiger partial charge >= 0.3 is 0 Å². The molecule has 1 aliphatic heterocycles. The van der Waals surface area contributed by atoms with E-state index in [-0.39, 0.29) is 5.91 Å². The predicted molar refractivity (Wildman–Crippen MR) is 73.3 cm³/mol. The van der Waals surface area contributed by atoms with E-state index in [0.717, 1.165) is 18.7 Å². The van der Waals surface area contributed by atoms with Crippen molar-refractivity contribution in [2.45, 2.75) is 19.4 Å². The molecule has 1 aromatic rings. The number of amides is 1. The molecule has 1 amide bonds. The van der Waals surface area contributed by atoms with E-state index in [1.54, 1.807) is 0 Å². The molecular weight excluding hydrogens is 226 g/mol. The topological polar surface area (TPSA) is 58.4 Å². The molecule has 1 aromatic carbocycles. The highest BCUT2D eigenvalue weighted by Gasteiger charge is 2.30. The second-order valence-electron chi connectivity index (χ2n) is 4.95. The smallest absolute Gasteiger partial charge is 0.238 e. The minimum absolute atomic E-state index is 0.0359. The monoisotopic (exact) mass is 247 g/mol. The molecule has 0 saturated carbocycles. The number of rotatable bonds is 4. The number of nitrogens with zero attached hydrogens (tertiary/aromatic N) is 1. The first kappa shape index (κ1) is 13.1. The number of nitrogens with one attached hydrogen (secondary N) is 1. The Morgan fingerprint density at radius 3 is 2.83 bits per heavy atom. The number of carbonyl (C=O) groups is 1. The van der Waals surface area contributed by atoms with Gasteiger partial charge in [-0.05, 0) is 31.0 Å². The third kappa shape index (κ3) is 3.09. The van der Waals surface area contributed by atoms with Gasteiger partial charge in [0.05, 0.1) is 6.54 Å². The van der Waals surface area contributed by atoms with Crippen LogP contribution >= 0.6 is 0 Å². The third-order valence-corrected chi connectivity index (χ3v) is 3.64. The average molecular weight is 247 g/mol. The number of likely N-dealkylation sites (tertiary alicyclic amines) is 1. The Kier molecular flexibility index (Phi) is 4.33. The van der Waals surface area contributed by atoms with Gasteiger partial charge in [-0.15, -0.1) is 0 Å². The van der Waals surface area contributed by atoms with Crippen molar-refractivity contribution in [2.75, 3.05) is 25.0 Å². The highest BCUT2D eigenvalue weighted by Crippen LogP contribution is 2.22. The summed E-state index contributed by atoms with van der Waals surface area (Å²) in [5.74, 6) is 0.619. The summed E-state index contributed by atoms with van der Waals surface area (Å²) in [5.41, 5.74) is 6.62. The molecule has 98 valence electrons. The normalized spacial score (nSPS) is 24.1. The van der Waals surface area contributed by atoms with E-state index in [2.05, 4.69) is 17.1 Å². The first-order valence-corrected chi connectivity index (χ1v) is 6.49. The van der Waals surface area contributed by atoms with Gasteiger partial charge in [0.2, 0.25) is 5.91 Å². The van der Waals surface area contributed by atoms with Gasteiger partial charge in [0.1, 0.15) is 0 Å². The van der Waals surface area contributed by atoms with Crippen molar-refractivity contribution >= 4 is 11.6 Å². The number of para-hydroxylation sites is 1. The van der Waals surface area contributed by atoms with Gasteiger partial charge < -0.3 is 11.1 Å². The first-order chi connectivity index (χ1) is 8.70. The van der Waals surface area contributed by atoms with Crippen molar-refractivity contribution in [3.05, 3.63) is 30.3 Å². The van der Waals surface area contributed by atoms with Crippen LogP contribution in [0.5, 0.6) is 0 Å². The van der Waals surface area contributed by atoms with Gasteiger partial charge in [-0.2, -0.15) is 0 Å². The Morgan fingerprint density at radius 2 is 2.17 bits per heavy atom. The molecule has 4 nitrogen and oxygen atoms in total. The van der Waals surface area contributed by atoms with Crippen LogP contribution in [-0.2, 0) is 4.79 Å². The summed E-state index contributed by atoms with van der Waals surface area (Å²) < 4.78 is 0. The fraction of sp³-hybridized carbons (Fsp3) is 0.500. The molecule has 3 N–H and O–H groups in total. The van der Waals surface area contributed by atoms with E-state index in [0.29, 0.717) is 25.0 Å². The van der Waals surface area contributed by atoms with Gasteiger partial charge in [0.25, 0.3) is 0 Å². The minimum Gasteiger partial charge on any atom is -0.329 e. The lowest BCUT2D eigenvalue weighted by Crippen LogP contribution is -2.42. The second-order valence-corrected chi connectivity index (χ2v) is 4.95. The Bertz CT molecular complexity index is 393. The molecule has 1 fully saturated rings. The zero-order chi connectivity index (χ0) is 13.0. The Hall–Kier alpha value is -1.39. The second kappa shape index (κ2) is 5.98. The number of nitrogens with two attached hydrogens (primary N) is 1. The molecule has 2 rings (SSSR count). The van der Waals surface area contributed by atoms with Crippen LogP contribution in [0.4, 0.5) is 5.69 Å². The van der Waals surface area contributed by atoms with Gasteiger partial charge in [-0.3, -0.25) is 9.69 Å². The molecule has 1 heterocycles.